The summed E-state index contributed by atoms with van der Waals surface area (Å²) in [6.45, 7) is 1.71. The van der Waals surface area contributed by atoms with Crippen molar-refractivity contribution in [2.24, 2.45) is 7.05 Å². The zero-order valence-corrected chi connectivity index (χ0v) is 15.7. The summed E-state index contributed by atoms with van der Waals surface area (Å²) in [5.41, 5.74) is -1.87. The van der Waals surface area contributed by atoms with Crippen LogP contribution in [0.25, 0.3) is 11.1 Å². The molecular formula is C20H15F6N3O. The average Bonchev–Trinajstić information content (AvgIpc) is 2.98. The highest BCUT2D eigenvalue weighted by molar-refractivity contribution is 6.03. The van der Waals surface area contributed by atoms with Crippen molar-refractivity contribution in [3.63, 3.8) is 0 Å². The van der Waals surface area contributed by atoms with Gasteiger partial charge in [-0.05, 0) is 54.4 Å². The van der Waals surface area contributed by atoms with Crippen molar-refractivity contribution in [3.8, 4) is 11.1 Å². The minimum atomic E-state index is -4.83. The third-order valence-electron chi connectivity index (χ3n) is 4.34. The minimum absolute atomic E-state index is 0.0669. The van der Waals surface area contributed by atoms with Crippen LogP contribution in [0.3, 0.4) is 0 Å². The van der Waals surface area contributed by atoms with E-state index in [1.54, 1.807) is 20.0 Å². The number of amides is 1. The van der Waals surface area contributed by atoms with E-state index in [0.29, 0.717) is 23.9 Å². The highest BCUT2D eigenvalue weighted by Gasteiger charge is 2.37. The molecule has 0 radical (unpaired) electrons. The number of carbonyl (C=O) groups excluding carboxylic acids is 1. The van der Waals surface area contributed by atoms with E-state index in [4.69, 9.17) is 0 Å². The first-order valence-corrected chi connectivity index (χ1v) is 8.57. The molecule has 0 saturated carbocycles. The maximum atomic E-state index is 13.3. The second kappa shape index (κ2) is 7.51. The first kappa shape index (κ1) is 21.4. The van der Waals surface area contributed by atoms with Gasteiger partial charge in [-0.2, -0.15) is 31.4 Å². The number of carbonyl (C=O) groups is 1. The van der Waals surface area contributed by atoms with Crippen LogP contribution in [0, 0.1) is 6.92 Å². The van der Waals surface area contributed by atoms with E-state index in [1.807, 2.05) is 0 Å². The fourth-order valence-electron chi connectivity index (χ4n) is 2.96. The van der Waals surface area contributed by atoms with Crippen molar-refractivity contribution >= 4 is 11.6 Å². The lowest BCUT2D eigenvalue weighted by molar-refractivity contribution is -0.141. The van der Waals surface area contributed by atoms with E-state index in [1.165, 1.54) is 28.9 Å². The van der Waals surface area contributed by atoms with Crippen LogP contribution in [-0.4, -0.2) is 15.7 Å². The molecule has 1 N–H and O–H groups in total. The largest absolute Gasteiger partial charge is 0.417 e. The lowest BCUT2D eigenvalue weighted by Gasteiger charge is -2.16. The van der Waals surface area contributed by atoms with Gasteiger partial charge in [0.15, 0.2) is 0 Å². The van der Waals surface area contributed by atoms with Gasteiger partial charge in [0.2, 0.25) is 0 Å². The number of benzene rings is 2. The predicted octanol–water partition coefficient (Wildman–Crippen LogP) is 5.69. The molecule has 30 heavy (non-hydrogen) atoms. The van der Waals surface area contributed by atoms with Crippen molar-refractivity contribution < 1.29 is 31.1 Å². The summed E-state index contributed by atoms with van der Waals surface area (Å²) >= 11 is 0. The smallest absolute Gasteiger partial charge is 0.321 e. The van der Waals surface area contributed by atoms with Crippen LogP contribution in [0.4, 0.5) is 32.0 Å². The third-order valence-corrected chi connectivity index (χ3v) is 4.34. The van der Waals surface area contributed by atoms with E-state index >= 15 is 0 Å². The SMILES string of the molecule is Cc1cc(C(=O)Nc2ccc(-c3cc(C(F)(F)F)ccc3C(F)(F)F)cc2)n(C)n1. The molecule has 1 aromatic heterocycles. The Morgan fingerprint density at radius 3 is 2.07 bits per heavy atom. The number of nitrogens with zero attached hydrogens (tertiary/aromatic N) is 2. The van der Waals surface area contributed by atoms with Crippen molar-refractivity contribution in [2.75, 3.05) is 5.32 Å². The number of nitrogens with one attached hydrogen (secondary N) is 1. The molecule has 2 aromatic carbocycles. The molecule has 0 unspecified atom stereocenters. The summed E-state index contributed by atoms with van der Waals surface area (Å²) in [6.07, 6.45) is -9.61. The van der Waals surface area contributed by atoms with E-state index < -0.39 is 35.0 Å². The Kier molecular flexibility index (Phi) is 5.36. The molecule has 0 saturated heterocycles. The van der Waals surface area contributed by atoms with Crippen LogP contribution in [-0.2, 0) is 19.4 Å². The zero-order valence-electron chi connectivity index (χ0n) is 15.7. The normalized spacial score (nSPS) is 12.1. The van der Waals surface area contributed by atoms with E-state index in [0.717, 1.165) is 0 Å². The number of alkyl halides is 6. The van der Waals surface area contributed by atoms with Gasteiger partial charge in [0.05, 0.1) is 16.8 Å². The Bertz CT molecular complexity index is 1080. The summed E-state index contributed by atoms with van der Waals surface area (Å²) in [5.74, 6) is -0.485. The first-order chi connectivity index (χ1) is 13.9. The maximum absolute atomic E-state index is 13.3. The molecule has 0 fully saturated rings. The zero-order chi connectivity index (χ0) is 22.3. The van der Waals surface area contributed by atoms with E-state index in [-0.39, 0.29) is 16.9 Å². The van der Waals surface area contributed by atoms with E-state index in [2.05, 4.69) is 10.4 Å². The second-order valence-electron chi connectivity index (χ2n) is 6.58. The van der Waals surface area contributed by atoms with Gasteiger partial charge in [0.1, 0.15) is 5.69 Å². The summed E-state index contributed by atoms with van der Waals surface area (Å²) in [4.78, 5) is 12.3. The molecule has 0 aliphatic carbocycles. The van der Waals surface area contributed by atoms with Gasteiger partial charge in [-0.3, -0.25) is 9.48 Å². The molecule has 0 spiro atoms. The maximum Gasteiger partial charge on any atom is 0.417 e. The van der Waals surface area contributed by atoms with Crippen molar-refractivity contribution in [3.05, 3.63) is 71.0 Å². The first-order valence-electron chi connectivity index (χ1n) is 8.57. The molecule has 3 rings (SSSR count). The number of hydrogen-bond acceptors (Lipinski definition) is 2. The van der Waals surface area contributed by atoms with Crippen LogP contribution >= 0.6 is 0 Å². The molecule has 0 bridgehead atoms. The number of halogens is 6. The predicted molar refractivity (Wildman–Crippen MR) is 97.8 cm³/mol. The molecule has 4 nitrogen and oxygen atoms in total. The number of aromatic nitrogens is 2. The van der Waals surface area contributed by atoms with Gasteiger partial charge in [0, 0.05) is 12.7 Å². The molecule has 1 amide bonds. The number of hydrogen-bond donors (Lipinski definition) is 1. The molecule has 1 heterocycles. The van der Waals surface area contributed by atoms with Crippen molar-refractivity contribution in [2.45, 2.75) is 19.3 Å². The average molecular weight is 427 g/mol. The topological polar surface area (TPSA) is 46.9 Å². The Hall–Kier alpha value is -3.30. The van der Waals surface area contributed by atoms with Gasteiger partial charge < -0.3 is 5.32 Å². The molecule has 0 aliphatic heterocycles. The number of anilines is 1. The minimum Gasteiger partial charge on any atom is -0.321 e. The standard InChI is InChI=1S/C20H15F6N3O/c1-11-9-17(29(2)28-11)18(30)27-14-6-3-12(4-7-14)15-10-13(19(21,22)23)5-8-16(15)20(24,25)26/h3-10H,1-2H3,(H,27,30). The quantitative estimate of drug-likeness (QED) is 0.547. The van der Waals surface area contributed by atoms with Gasteiger partial charge in [-0.25, -0.2) is 0 Å². The molecule has 158 valence electrons. The lowest BCUT2D eigenvalue weighted by Crippen LogP contribution is -2.16. The monoisotopic (exact) mass is 427 g/mol. The number of rotatable bonds is 3. The number of aryl methyl sites for hydroxylation is 2. The van der Waals surface area contributed by atoms with Gasteiger partial charge in [-0.1, -0.05) is 12.1 Å². The Labute approximate surface area is 167 Å². The van der Waals surface area contributed by atoms with Crippen molar-refractivity contribution in [1.29, 1.82) is 0 Å². The summed E-state index contributed by atoms with van der Waals surface area (Å²) in [6, 6.07) is 7.91. The van der Waals surface area contributed by atoms with Crippen LogP contribution in [0.1, 0.15) is 27.3 Å². The van der Waals surface area contributed by atoms with Gasteiger partial charge in [-0.15, -0.1) is 0 Å². The van der Waals surface area contributed by atoms with Crippen LogP contribution < -0.4 is 5.32 Å². The fraction of sp³-hybridized carbons (Fsp3) is 0.200. The lowest BCUT2D eigenvalue weighted by atomic mass is 9.96. The van der Waals surface area contributed by atoms with Crippen molar-refractivity contribution in [1.82, 2.24) is 9.78 Å². The Morgan fingerprint density at radius 1 is 0.933 bits per heavy atom. The van der Waals surface area contributed by atoms with Crippen LogP contribution in [0.15, 0.2) is 48.5 Å². The Balaban J connectivity index is 1.93. The summed E-state index contributed by atoms with van der Waals surface area (Å²) in [7, 11) is 1.58. The van der Waals surface area contributed by atoms with Gasteiger partial charge >= 0.3 is 12.4 Å². The second-order valence-corrected chi connectivity index (χ2v) is 6.58. The summed E-state index contributed by atoms with van der Waals surface area (Å²) in [5, 5.41) is 6.62. The van der Waals surface area contributed by atoms with Crippen LogP contribution in [0.2, 0.25) is 0 Å². The van der Waals surface area contributed by atoms with E-state index in [9.17, 15) is 31.1 Å². The fourth-order valence-corrected chi connectivity index (χ4v) is 2.96. The highest BCUT2D eigenvalue weighted by atomic mass is 19.4. The third kappa shape index (κ3) is 4.47. The molecular weight excluding hydrogens is 412 g/mol. The van der Waals surface area contributed by atoms with Crippen LogP contribution in [0.5, 0.6) is 0 Å². The Morgan fingerprint density at radius 2 is 1.57 bits per heavy atom. The molecule has 0 aliphatic rings. The highest BCUT2D eigenvalue weighted by Crippen LogP contribution is 2.40. The molecule has 10 heteroatoms. The summed E-state index contributed by atoms with van der Waals surface area (Å²) < 4.78 is 80.2. The molecule has 3 aromatic rings. The molecule has 0 atom stereocenters. The van der Waals surface area contributed by atoms with Gasteiger partial charge in [0.25, 0.3) is 5.91 Å².